The lowest BCUT2D eigenvalue weighted by Crippen LogP contribution is -2.26. The quantitative estimate of drug-likeness (QED) is 0.919. The van der Waals surface area contributed by atoms with Gasteiger partial charge in [-0.2, -0.15) is 0 Å². The van der Waals surface area contributed by atoms with E-state index in [2.05, 4.69) is 12.3 Å². The van der Waals surface area contributed by atoms with Crippen molar-refractivity contribution in [2.45, 2.75) is 26.4 Å². The van der Waals surface area contributed by atoms with Crippen molar-refractivity contribution in [3.8, 4) is 0 Å². The van der Waals surface area contributed by atoms with Crippen LogP contribution in [0, 0.1) is 6.92 Å². The first-order valence-electron chi connectivity index (χ1n) is 6.47. The van der Waals surface area contributed by atoms with Crippen molar-refractivity contribution < 1.29 is 4.42 Å². The predicted molar refractivity (Wildman–Crippen MR) is 78.7 cm³/mol. The molecule has 1 N–H and O–H groups in total. The molecule has 2 heterocycles. The zero-order chi connectivity index (χ0) is 14.3. The Balaban J connectivity index is 1.86. The van der Waals surface area contributed by atoms with Gasteiger partial charge in [-0.15, -0.1) is 0 Å². The van der Waals surface area contributed by atoms with E-state index in [9.17, 15) is 4.79 Å². The van der Waals surface area contributed by atoms with Crippen molar-refractivity contribution in [3.05, 3.63) is 62.5 Å². The third-order valence-electron chi connectivity index (χ3n) is 3.60. The van der Waals surface area contributed by atoms with Gasteiger partial charge in [0.25, 0.3) is 0 Å². The van der Waals surface area contributed by atoms with E-state index in [-0.39, 0.29) is 11.7 Å². The SMILES string of the molecule is Cc1cc(=O)oc2c1C(C)N(Cc1ccc(Cl)cc1)N2. The van der Waals surface area contributed by atoms with Gasteiger partial charge in [-0.25, -0.2) is 9.80 Å². The molecule has 1 aromatic heterocycles. The minimum Gasteiger partial charge on any atom is -0.405 e. The fourth-order valence-corrected chi connectivity index (χ4v) is 2.69. The summed E-state index contributed by atoms with van der Waals surface area (Å²) in [5, 5.41) is 2.77. The Hall–Kier alpha value is -1.78. The van der Waals surface area contributed by atoms with E-state index in [0.717, 1.165) is 21.7 Å². The number of anilines is 1. The summed E-state index contributed by atoms with van der Waals surface area (Å²) in [4.78, 5) is 11.4. The highest BCUT2D eigenvalue weighted by atomic mass is 35.5. The van der Waals surface area contributed by atoms with Crippen molar-refractivity contribution in [2.24, 2.45) is 0 Å². The van der Waals surface area contributed by atoms with Crippen molar-refractivity contribution in [1.82, 2.24) is 5.01 Å². The maximum atomic E-state index is 11.4. The minimum atomic E-state index is -0.325. The van der Waals surface area contributed by atoms with Gasteiger partial charge in [0, 0.05) is 23.2 Å². The molecule has 0 saturated heterocycles. The smallest absolute Gasteiger partial charge is 0.337 e. The fraction of sp³-hybridized carbons (Fsp3) is 0.267. The molecule has 2 aromatic rings. The van der Waals surface area contributed by atoms with Crippen LogP contribution in [0.2, 0.25) is 5.02 Å². The summed E-state index contributed by atoms with van der Waals surface area (Å²) < 4.78 is 5.23. The lowest BCUT2D eigenvalue weighted by Gasteiger charge is -2.21. The average molecular weight is 291 g/mol. The average Bonchev–Trinajstić information content (AvgIpc) is 2.69. The molecular weight excluding hydrogens is 276 g/mol. The van der Waals surface area contributed by atoms with Gasteiger partial charge < -0.3 is 4.42 Å². The molecule has 20 heavy (non-hydrogen) atoms. The number of aryl methyl sites for hydroxylation is 1. The molecule has 0 bridgehead atoms. The molecule has 1 unspecified atom stereocenters. The van der Waals surface area contributed by atoms with Gasteiger partial charge in [0.05, 0.1) is 6.04 Å². The molecule has 0 amide bonds. The zero-order valence-corrected chi connectivity index (χ0v) is 12.1. The van der Waals surface area contributed by atoms with Crippen molar-refractivity contribution >= 4 is 17.5 Å². The summed E-state index contributed by atoms with van der Waals surface area (Å²) in [5.74, 6) is 0.552. The lowest BCUT2D eigenvalue weighted by atomic mass is 10.1. The number of nitrogens with one attached hydrogen (secondary N) is 1. The normalized spacial score (nSPS) is 17.9. The first kappa shape index (κ1) is 13.2. The number of halogens is 1. The molecule has 104 valence electrons. The number of rotatable bonds is 2. The molecule has 3 rings (SSSR count). The number of hydrogen-bond acceptors (Lipinski definition) is 4. The van der Waals surface area contributed by atoms with Crippen molar-refractivity contribution in [1.29, 1.82) is 0 Å². The Morgan fingerprint density at radius 3 is 2.75 bits per heavy atom. The molecule has 0 spiro atoms. The molecule has 0 radical (unpaired) electrons. The van der Waals surface area contributed by atoms with Crippen LogP contribution in [0.1, 0.15) is 29.7 Å². The zero-order valence-electron chi connectivity index (χ0n) is 11.3. The summed E-state index contributed by atoms with van der Waals surface area (Å²) in [5.41, 5.74) is 5.97. The molecule has 0 fully saturated rings. The first-order valence-corrected chi connectivity index (χ1v) is 6.85. The Bertz CT molecular complexity index is 694. The van der Waals surface area contributed by atoms with Crippen LogP contribution in [-0.2, 0) is 6.54 Å². The molecule has 0 aliphatic carbocycles. The van der Waals surface area contributed by atoms with Crippen molar-refractivity contribution in [3.63, 3.8) is 0 Å². The second kappa shape index (κ2) is 4.96. The Kier molecular flexibility index (Phi) is 3.28. The van der Waals surface area contributed by atoms with Crippen LogP contribution in [0.4, 0.5) is 5.88 Å². The molecular formula is C15H15ClN2O2. The topological polar surface area (TPSA) is 45.5 Å². The van der Waals surface area contributed by atoms with Gasteiger partial charge in [-0.3, -0.25) is 5.43 Å². The summed E-state index contributed by atoms with van der Waals surface area (Å²) >= 11 is 5.89. The van der Waals surface area contributed by atoms with E-state index in [1.54, 1.807) is 0 Å². The van der Waals surface area contributed by atoms with Crippen LogP contribution in [0.3, 0.4) is 0 Å². The largest absolute Gasteiger partial charge is 0.405 e. The Labute approximate surface area is 121 Å². The standard InChI is InChI=1S/C15H15ClN2O2/c1-9-7-13(19)20-15-14(9)10(2)18(17-15)8-11-3-5-12(16)6-4-11/h3-7,10,17H,8H2,1-2H3. The van der Waals surface area contributed by atoms with Crippen LogP contribution in [0.5, 0.6) is 0 Å². The molecule has 5 heteroatoms. The molecule has 4 nitrogen and oxygen atoms in total. The summed E-state index contributed by atoms with van der Waals surface area (Å²) in [7, 11) is 0. The van der Waals surface area contributed by atoms with Gasteiger partial charge in [-0.1, -0.05) is 23.7 Å². The highest BCUT2D eigenvalue weighted by molar-refractivity contribution is 6.30. The molecule has 1 aliphatic rings. The van der Waals surface area contributed by atoms with Crippen LogP contribution in [0.25, 0.3) is 0 Å². The Morgan fingerprint density at radius 1 is 1.35 bits per heavy atom. The third-order valence-corrected chi connectivity index (χ3v) is 3.86. The monoisotopic (exact) mass is 290 g/mol. The number of hydrogen-bond donors (Lipinski definition) is 1. The van der Waals surface area contributed by atoms with Crippen LogP contribution < -0.4 is 11.1 Å². The van der Waals surface area contributed by atoms with E-state index in [1.165, 1.54) is 6.07 Å². The van der Waals surface area contributed by atoms with Crippen LogP contribution >= 0.6 is 11.6 Å². The van der Waals surface area contributed by atoms with Crippen LogP contribution in [0.15, 0.2) is 39.5 Å². The maximum Gasteiger partial charge on any atom is 0.337 e. The van der Waals surface area contributed by atoms with Crippen LogP contribution in [-0.4, -0.2) is 5.01 Å². The number of fused-ring (bicyclic) bond motifs is 1. The van der Waals surface area contributed by atoms with E-state index in [4.69, 9.17) is 16.0 Å². The highest BCUT2D eigenvalue weighted by Gasteiger charge is 2.30. The van der Waals surface area contributed by atoms with Gasteiger partial charge >= 0.3 is 5.63 Å². The highest BCUT2D eigenvalue weighted by Crippen LogP contribution is 2.36. The van der Waals surface area contributed by atoms with Gasteiger partial charge in [0.1, 0.15) is 0 Å². The van der Waals surface area contributed by atoms with E-state index >= 15 is 0 Å². The summed E-state index contributed by atoms with van der Waals surface area (Å²) in [6, 6.07) is 9.39. The van der Waals surface area contributed by atoms with E-state index in [0.29, 0.717) is 12.4 Å². The third kappa shape index (κ3) is 2.32. The lowest BCUT2D eigenvalue weighted by molar-refractivity contribution is 0.267. The first-order chi connectivity index (χ1) is 9.54. The number of hydrazine groups is 1. The minimum absolute atomic E-state index is 0.144. The van der Waals surface area contributed by atoms with Gasteiger partial charge in [0.2, 0.25) is 5.88 Å². The Morgan fingerprint density at radius 2 is 2.05 bits per heavy atom. The van der Waals surface area contributed by atoms with E-state index in [1.807, 2.05) is 36.2 Å². The predicted octanol–water partition coefficient (Wildman–Crippen LogP) is 3.51. The fourth-order valence-electron chi connectivity index (χ4n) is 2.57. The second-order valence-corrected chi connectivity index (χ2v) is 5.47. The van der Waals surface area contributed by atoms with Gasteiger partial charge in [0.15, 0.2) is 0 Å². The van der Waals surface area contributed by atoms with Crippen molar-refractivity contribution in [2.75, 3.05) is 5.43 Å². The molecule has 1 aliphatic heterocycles. The maximum absolute atomic E-state index is 11.4. The number of nitrogens with zero attached hydrogens (tertiary/aromatic N) is 1. The van der Waals surface area contributed by atoms with Gasteiger partial charge in [-0.05, 0) is 37.1 Å². The molecule has 1 atom stereocenters. The molecule has 0 saturated carbocycles. The molecule has 1 aromatic carbocycles. The second-order valence-electron chi connectivity index (χ2n) is 5.03. The summed E-state index contributed by atoms with van der Waals surface area (Å²) in [6.07, 6.45) is 0. The van der Waals surface area contributed by atoms with E-state index < -0.39 is 0 Å². The summed E-state index contributed by atoms with van der Waals surface area (Å²) in [6.45, 7) is 4.72. The number of benzene rings is 1.